The number of hydrogen-bond acceptors (Lipinski definition) is 8. The molecule has 0 bridgehead atoms. The number of nitrogens with zero attached hydrogens (tertiary/aromatic N) is 6. The van der Waals surface area contributed by atoms with Crippen molar-refractivity contribution >= 4 is 24.0 Å². The standard InChI is InChI=1S/C50H70N8O6/c1-13-31(3)41(55(11)47(61)63-49(5,6)7)45(59)57-27-15-17-39(57)43-51-29-37(53-43)35-23-19-33(20-24-35)34-21-25-36(26-22-34)38-30-52-44(54-38)40-18-16-28-58(40)46(60)42(32(4)14-2)56(12)48(62)64-50(8,9)10/h19-26,29-32,39-42H,13-18,27-28H2,1-12H3,(H,51,53)(H,52,54)/t31-,32-,39+,40+,41+,42+/m1/s1. The topological polar surface area (TPSA) is 157 Å². The molecule has 0 unspecified atom stereocenters. The molecule has 0 saturated carbocycles. The van der Waals surface area contributed by atoms with Crippen LogP contribution < -0.4 is 0 Å². The van der Waals surface area contributed by atoms with Gasteiger partial charge < -0.3 is 29.2 Å². The van der Waals surface area contributed by atoms with Crippen molar-refractivity contribution in [1.29, 1.82) is 0 Å². The van der Waals surface area contributed by atoms with Crippen LogP contribution in [0.2, 0.25) is 0 Å². The zero-order chi connectivity index (χ0) is 46.7. The number of carbonyl (C=O) groups is 4. The number of amides is 4. The summed E-state index contributed by atoms with van der Waals surface area (Å²) in [5.74, 6) is 1.17. The normalized spacial score (nSPS) is 18.6. The van der Waals surface area contributed by atoms with Crippen LogP contribution in [0, 0.1) is 11.8 Å². The zero-order valence-corrected chi connectivity index (χ0v) is 40.0. The molecule has 6 atom stereocenters. The summed E-state index contributed by atoms with van der Waals surface area (Å²) in [6.45, 7) is 20.2. The molecule has 0 radical (unpaired) electrons. The Morgan fingerprint density at radius 2 is 0.953 bits per heavy atom. The highest BCUT2D eigenvalue weighted by atomic mass is 16.6. The van der Waals surface area contributed by atoms with Crippen molar-refractivity contribution in [2.75, 3.05) is 27.2 Å². The molecule has 2 N–H and O–H groups in total. The van der Waals surface area contributed by atoms with Crippen molar-refractivity contribution in [3.8, 4) is 33.6 Å². The number of imidazole rings is 2. The minimum atomic E-state index is -0.668. The summed E-state index contributed by atoms with van der Waals surface area (Å²) in [6.07, 6.45) is 7.37. The molecule has 2 aromatic heterocycles. The van der Waals surface area contributed by atoms with Crippen LogP contribution in [0.1, 0.15) is 131 Å². The Morgan fingerprint density at radius 1 is 0.625 bits per heavy atom. The molecular weight excluding hydrogens is 809 g/mol. The molecule has 346 valence electrons. The fourth-order valence-electron chi connectivity index (χ4n) is 8.88. The van der Waals surface area contributed by atoms with E-state index in [-0.39, 0.29) is 35.7 Å². The fraction of sp³-hybridized carbons (Fsp3) is 0.560. The lowest BCUT2D eigenvalue weighted by Gasteiger charge is -2.36. The molecule has 4 aromatic rings. The summed E-state index contributed by atoms with van der Waals surface area (Å²) >= 11 is 0. The van der Waals surface area contributed by atoms with Gasteiger partial charge in [-0.15, -0.1) is 0 Å². The van der Waals surface area contributed by atoms with Gasteiger partial charge in [-0.25, -0.2) is 19.6 Å². The van der Waals surface area contributed by atoms with E-state index in [1.54, 1.807) is 14.1 Å². The maximum Gasteiger partial charge on any atom is 0.410 e. The highest BCUT2D eigenvalue weighted by Crippen LogP contribution is 2.36. The molecule has 0 aliphatic carbocycles. The van der Waals surface area contributed by atoms with Crippen LogP contribution in [0.5, 0.6) is 0 Å². The average Bonchev–Trinajstić information content (AvgIpc) is 4.09. The summed E-state index contributed by atoms with van der Waals surface area (Å²) in [4.78, 5) is 77.8. The van der Waals surface area contributed by atoms with E-state index in [4.69, 9.17) is 19.4 Å². The summed E-state index contributed by atoms with van der Waals surface area (Å²) in [7, 11) is 3.31. The zero-order valence-electron chi connectivity index (χ0n) is 40.0. The summed E-state index contributed by atoms with van der Waals surface area (Å²) < 4.78 is 11.3. The predicted molar refractivity (Wildman–Crippen MR) is 249 cm³/mol. The Morgan fingerprint density at radius 3 is 1.27 bits per heavy atom. The number of nitrogens with one attached hydrogen (secondary N) is 2. The number of carbonyl (C=O) groups excluding carboxylic acids is 4. The highest BCUT2D eigenvalue weighted by Gasteiger charge is 2.43. The van der Waals surface area contributed by atoms with Crippen LogP contribution >= 0.6 is 0 Å². The van der Waals surface area contributed by atoms with Crippen LogP contribution in [-0.4, -0.2) is 114 Å². The predicted octanol–water partition coefficient (Wildman–Crippen LogP) is 10.0. The SMILES string of the molecule is CC[C@@H](C)[C@@H](C(=O)N1CCC[C@H]1c1ncc(-c2ccc(-c3ccc(-c4cnc([C@@H]5CCCN5C(=O)[C@H]([C@H](C)CC)N(C)C(=O)OC(C)(C)C)[nH]4)cc3)cc2)[nH]1)N(C)C(=O)OC(C)(C)C. The van der Waals surface area contributed by atoms with Crippen molar-refractivity contribution in [3.63, 3.8) is 0 Å². The second-order valence-electron chi connectivity index (χ2n) is 19.7. The van der Waals surface area contributed by atoms with Gasteiger partial charge in [-0.2, -0.15) is 0 Å². The van der Waals surface area contributed by atoms with Crippen molar-refractivity contribution < 1.29 is 28.7 Å². The number of benzene rings is 2. The molecule has 14 nitrogen and oxygen atoms in total. The number of rotatable bonds is 13. The van der Waals surface area contributed by atoms with Gasteiger partial charge in [0.1, 0.15) is 34.9 Å². The van der Waals surface area contributed by atoms with Gasteiger partial charge in [0.05, 0.1) is 35.9 Å². The van der Waals surface area contributed by atoms with Gasteiger partial charge in [-0.3, -0.25) is 19.4 Å². The van der Waals surface area contributed by atoms with Gasteiger partial charge in [0.25, 0.3) is 0 Å². The van der Waals surface area contributed by atoms with Crippen molar-refractivity contribution in [2.24, 2.45) is 11.8 Å². The van der Waals surface area contributed by atoms with Gasteiger partial charge in [-0.1, -0.05) is 89.1 Å². The van der Waals surface area contributed by atoms with E-state index >= 15 is 0 Å². The molecule has 6 rings (SSSR count). The van der Waals surface area contributed by atoms with Gasteiger partial charge in [0, 0.05) is 27.2 Å². The molecule has 2 fully saturated rings. The largest absolute Gasteiger partial charge is 0.444 e. The Hall–Kier alpha value is -5.66. The Kier molecular flexibility index (Phi) is 14.6. The Labute approximate surface area is 379 Å². The maximum absolute atomic E-state index is 14.2. The average molecular weight is 879 g/mol. The second-order valence-corrected chi connectivity index (χ2v) is 19.7. The number of aromatic amines is 2. The molecule has 2 aromatic carbocycles. The second kappa shape index (κ2) is 19.6. The van der Waals surface area contributed by atoms with E-state index in [9.17, 15) is 19.2 Å². The molecule has 14 heteroatoms. The number of H-pyrrole nitrogens is 2. The molecule has 4 heterocycles. The van der Waals surface area contributed by atoms with Crippen LogP contribution in [0.25, 0.3) is 33.6 Å². The van der Waals surface area contributed by atoms with E-state index in [1.807, 2.05) is 91.4 Å². The lowest BCUT2D eigenvalue weighted by molar-refractivity contribution is -0.140. The van der Waals surface area contributed by atoms with Crippen LogP contribution in [0.15, 0.2) is 60.9 Å². The maximum atomic E-state index is 14.2. The lowest BCUT2D eigenvalue weighted by Crippen LogP contribution is -2.53. The van der Waals surface area contributed by atoms with E-state index in [1.165, 1.54) is 9.80 Å². The number of hydrogen-bond donors (Lipinski definition) is 2. The number of likely N-dealkylation sites (tertiary alicyclic amines) is 2. The molecular formula is C50H70N8O6. The molecule has 0 spiro atoms. The van der Waals surface area contributed by atoms with Crippen LogP contribution in [-0.2, 0) is 19.1 Å². The third-order valence-electron chi connectivity index (χ3n) is 12.7. The van der Waals surface area contributed by atoms with Crippen molar-refractivity contribution in [3.05, 3.63) is 72.6 Å². The van der Waals surface area contributed by atoms with Gasteiger partial charge in [0.15, 0.2) is 0 Å². The highest BCUT2D eigenvalue weighted by molar-refractivity contribution is 5.87. The third kappa shape index (κ3) is 10.8. The quantitative estimate of drug-likeness (QED) is 0.134. The van der Waals surface area contributed by atoms with E-state index < -0.39 is 35.5 Å². The number of ether oxygens (including phenoxy) is 2. The first kappa shape index (κ1) is 47.8. The van der Waals surface area contributed by atoms with Gasteiger partial charge in [-0.05, 0) is 101 Å². The van der Waals surface area contributed by atoms with Crippen LogP contribution in [0.4, 0.5) is 9.59 Å². The number of likely N-dealkylation sites (N-methyl/N-ethyl adjacent to an activating group) is 2. The first-order valence-electron chi connectivity index (χ1n) is 23.0. The van der Waals surface area contributed by atoms with Crippen molar-refractivity contribution in [2.45, 2.75) is 143 Å². The van der Waals surface area contributed by atoms with Crippen molar-refractivity contribution in [1.82, 2.24) is 39.5 Å². The summed E-state index contributed by atoms with van der Waals surface area (Å²) in [5.41, 5.74) is 4.47. The van der Waals surface area contributed by atoms with Gasteiger partial charge >= 0.3 is 12.2 Å². The molecule has 64 heavy (non-hydrogen) atoms. The minimum Gasteiger partial charge on any atom is -0.444 e. The van der Waals surface area contributed by atoms with Gasteiger partial charge in [0.2, 0.25) is 11.8 Å². The van der Waals surface area contributed by atoms with Crippen LogP contribution in [0.3, 0.4) is 0 Å². The van der Waals surface area contributed by atoms with E-state index in [2.05, 4.69) is 58.5 Å². The first-order valence-corrected chi connectivity index (χ1v) is 23.0. The fourth-order valence-corrected chi connectivity index (χ4v) is 8.88. The molecule has 2 saturated heterocycles. The molecule has 2 aliphatic heterocycles. The monoisotopic (exact) mass is 879 g/mol. The Balaban J connectivity index is 1.11. The smallest absolute Gasteiger partial charge is 0.410 e. The molecule has 2 aliphatic rings. The summed E-state index contributed by atoms with van der Waals surface area (Å²) in [6, 6.07) is 14.9. The minimum absolute atomic E-state index is 0.0612. The lowest BCUT2D eigenvalue weighted by atomic mass is 9.96. The molecule has 4 amide bonds. The third-order valence-corrected chi connectivity index (χ3v) is 12.7. The van der Waals surface area contributed by atoms with E-state index in [0.29, 0.717) is 13.1 Å². The first-order chi connectivity index (χ1) is 30.2. The Bertz CT molecular complexity index is 2080. The summed E-state index contributed by atoms with van der Waals surface area (Å²) in [5, 5.41) is 0. The number of aromatic nitrogens is 4. The van der Waals surface area contributed by atoms with E-state index in [0.717, 1.165) is 83.8 Å².